The summed E-state index contributed by atoms with van der Waals surface area (Å²) in [6.07, 6.45) is 1.68. The van der Waals surface area contributed by atoms with Gasteiger partial charge < -0.3 is 9.64 Å². The smallest absolute Gasteiger partial charge is 0.335 e. The predicted molar refractivity (Wildman–Crippen MR) is 132 cm³/mol. The van der Waals surface area contributed by atoms with E-state index in [2.05, 4.69) is 61.7 Å². The van der Waals surface area contributed by atoms with E-state index in [1.165, 1.54) is 27.8 Å². The summed E-state index contributed by atoms with van der Waals surface area (Å²) >= 11 is 0. The third-order valence-electron chi connectivity index (χ3n) is 6.48. The van der Waals surface area contributed by atoms with E-state index in [0.717, 1.165) is 25.1 Å². The molecule has 1 heterocycles. The molecule has 172 valence electrons. The number of urea groups is 1. The molecule has 0 aliphatic carbocycles. The van der Waals surface area contributed by atoms with Gasteiger partial charge in [-0.25, -0.2) is 10.2 Å². The first kappa shape index (κ1) is 22.9. The van der Waals surface area contributed by atoms with Crippen LogP contribution in [0, 0.1) is 13.8 Å². The first-order valence-electron chi connectivity index (χ1n) is 11.6. The zero-order chi connectivity index (χ0) is 23.2. The molecule has 0 bridgehead atoms. The molecule has 4 rings (SSSR count). The highest BCUT2D eigenvalue weighted by atomic mass is 16.5. The van der Waals surface area contributed by atoms with Crippen LogP contribution in [0.15, 0.2) is 72.8 Å². The van der Waals surface area contributed by atoms with Gasteiger partial charge in [-0.05, 0) is 66.6 Å². The van der Waals surface area contributed by atoms with Gasteiger partial charge in [-0.2, -0.15) is 0 Å². The Morgan fingerprint density at radius 1 is 0.909 bits per heavy atom. The number of ether oxygens (including phenoxy) is 1. The van der Waals surface area contributed by atoms with E-state index in [9.17, 15) is 4.79 Å². The van der Waals surface area contributed by atoms with Crippen molar-refractivity contribution in [3.05, 3.63) is 101 Å². The standard InChI is InChI=1S/C28H33N3O2/c1-21-9-12-25(19-22(21)2)27-20-31(29-17-15-23-7-5-4-6-8-23)28(32)30(27)18-16-24-10-13-26(33-3)14-11-24/h4-14,19,27,29H,15-18,20H2,1-3H3. The number of aryl methyl sites for hydroxylation is 2. The highest BCUT2D eigenvalue weighted by Gasteiger charge is 2.37. The Morgan fingerprint density at radius 3 is 2.33 bits per heavy atom. The maximum atomic E-state index is 13.4. The maximum absolute atomic E-state index is 13.4. The molecule has 2 amide bonds. The first-order chi connectivity index (χ1) is 16.0. The van der Waals surface area contributed by atoms with Crippen molar-refractivity contribution in [1.29, 1.82) is 0 Å². The molecule has 0 aromatic heterocycles. The normalized spacial score (nSPS) is 15.8. The minimum atomic E-state index is 0.0271. The monoisotopic (exact) mass is 443 g/mol. The maximum Gasteiger partial charge on any atom is 0.335 e. The Kier molecular flexibility index (Phi) is 7.30. The SMILES string of the molecule is COc1ccc(CCN2C(=O)N(NCCc3ccccc3)CC2c2ccc(C)c(C)c2)cc1. The third-order valence-corrected chi connectivity index (χ3v) is 6.48. The number of hydrazine groups is 1. The number of carbonyl (C=O) groups excluding carboxylic acids is 1. The summed E-state index contributed by atoms with van der Waals surface area (Å²) in [6.45, 7) is 6.28. The second kappa shape index (κ2) is 10.5. The minimum absolute atomic E-state index is 0.0271. The number of benzene rings is 3. The lowest BCUT2D eigenvalue weighted by Gasteiger charge is -2.24. The zero-order valence-electron chi connectivity index (χ0n) is 19.8. The number of nitrogens with one attached hydrogen (secondary N) is 1. The largest absolute Gasteiger partial charge is 0.497 e. The Morgan fingerprint density at radius 2 is 1.64 bits per heavy atom. The van der Waals surface area contributed by atoms with Gasteiger partial charge in [0.25, 0.3) is 0 Å². The van der Waals surface area contributed by atoms with Crippen molar-refractivity contribution >= 4 is 6.03 Å². The van der Waals surface area contributed by atoms with Gasteiger partial charge in [0, 0.05) is 13.1 Å². The van der Waals surface area contributed by atoms with Crippen LogP contribution in [0.4, 0.5) is 4.79 Å². The summed E-state index contributed by atoms with van der Waals surface area (Å²) in [5, 5.41) is 1.79. The van der Waals surface area contributed by atoms with Gasteiger partial charge in [-0.1, -0.05) is 60.7 Å². The molecule has 0 spiro atoms. The van der Waals surface area contributed by atoms with Crippen LogP contribution in [0.3, 0.4) is 0 Å². The fourth-order valence-corrected chi connectivity index (χ4v) is 4.30. The summed E-state index contributed by atoms with van der Waals surface area (Å²) in [5.74, 6) is 0.845. The van der Waals surface area contributed by atoms with Crippen molar-refractivity contribution in [2.24, 2.45) is 0 Å². The van der Waals surface area contributed by atoms with E-state index in [1.807, 2.05) is 35.2 Å². The number of rotatable bonds is 9. The molecule has 1 aliphatic rings. The lowest BCUT2D eigenvalue weighted by molar-refractivity contribution is 0.172. The molecular weight excluding hydrogens is 410 g/mol. The lowest BCUT2D eigenvalue weighted by Crippen LogP contribution is -2.42. The molecular formula is C28H33N3O2. The molecule has 1 N–H and O–H groups in total. The Balaban J connectivity index is 1.47. The van der Waals surface area contributed by atoms with E-state index < -0.39 is 0 Å². The number of amides is 2. The highest BCUT2D eigenvalue weighted by Crippen LogP contribution is 2.30. The van der Waals surface area contributed by atoms with Gasteiger partial charge in [0.05, 0.1) is 19.7 Å². The van der Waals surface area contributed by atoms with Crippen molar-refractivity contribution in [3.63, 3.8) is 0 Å². The van der Waals surface area contributed by atoms with Gasteiger partial charge in [0.15, 0.2) is 0 Å². The quantitative estimate of drug-likeness (QED) is 0.502. The Bertz CT molecular complexity index is 1070. The zero-order valence-corrected chi connectivity index (χ0v) is 19.8. The van der Waals surface area contributed by atoms with Crippen LogP contribution < -0.4 is 10.2 Å². The average Bonchev–Trinajstić information content (AvgIpc) is 3.15. The van der Waals surface area contributed by atoms with Gasteiger partial charge >= 0.3 is 6.03 Å². The molecule has 3 aromatic carbocycles. The molecule has 1 unspecified atom stereocenters. The Hall–Kier alpha value is -3.31. The predicted octanol–water partition coefficient (Wildman–Crippen LogP) is 5.08. The van der Waals surface area contributed by atoms with Crippen LogP contribution >= 0.6 is 0 Å². The second-order valence-corrected chi connectivity index (χ2v) is 8.69. The fourth-order valence-electron chi connectivity index (χ4n) is 4.30. The molecule has 33 heavy (non-hydrogen) atoms. The Labute approximate surface area is 197 Å². The second-order valence-electron chi connectivity index (χ2n) is 8.69. The first-order valence-corrected chi connectivity index (χ1v) is 11.6. The molecule has 5 nitrogen and oxygen atoms in total. The topological polar surface area (TPSA) is 44.8 Å². The van der Waals surface area contributed by atoms with Crippen LogP contribution in [0.2, 0.25) is 0 Å². The lowest BCUT2D eigenvalue weighted by atomic mass is 10.0. The van der Waals surface area contributed by atoms with E-state index in [4.69, 9.17) is 4.74 Å². The minimum Gasteiger partial charge on any atom is -0.497 e. The van der Waals surface area contributed by atoms with E-state index >= 15 is 0 Å². The van der Waals surface area contributed by atoms with Gasteiger partial charge in [-0.15, -0.1) is 0 Å². The summed E-state index contributed by atoms with van der Waals surface area (Å²) in [6, 6.07) is 25.0. The molecule has 5 heteroatoms. The van der Waals surface area contributed by atoms with Crippen LogP contribution in [0.5, 0.6) is 5.75 Å². The highest BCUT2D eigenvalue weighted by molar-refractivity contribution is 5.77. The number of nitrogens with zero attached hydrogens (tertiary/aromatic N) is 2. The number of carbonyl (C=O) groups is 1. The van der Waals surface area contributed by atoms with Crippen LogP contribution in [0.1, 0.15) is 33.9 Å². The summed E-state index contributed by atoms with van der Waals surface area (Å²) in [5.41, 5.74) is 9.54. The van der Waals surface area contributed by atoms with E-state index in [1.54, 1.807) is 12.1 Å². The third kappa shape index (κ3) is 5.55. The number of hydrogen-bond acceptors (Lipinski definition) is 3. The number of methoxy groups -OCH3 is 1. The summed E-state index contributed by atoms with van der Waals surface area (Å²) < 4.78 is 5.26. The van der Waals surface area contributed by atoms with Gasteiger partial charge in [0.2, 0.25) is 0 Å². The van der Waals surface area contributed by atoms with Crippen molar-refractivity contribution in [3.8, 4) is 5.75 Å². The van der Waals surface area contributed by atoms with Crippen LogP contribution in [-0.4, -0.2) is 42.7 Å². The van der Waals surface area contributed by atoms with Gasteiger partial charge in [-0.3, -0.25) is 5.01 Å². The van der Waals surface area contributed by atoms with Crippen molar-refractivity contribution in [2.75, 3.05) is 26.7 Å². The van der Waals surface area contributed by atoms with E-state index in [0.29, 0.717) is 13.1 Å². The van der Waals surface area contributed by atoms with E-state index in [-0.39, 0.29) is 12.1 Å². The van der Waals surface area contributed by atoms with Crippen molar-refractivity contribution in [2.45, 2.75) is 32.7 Å². The van der Waals surface area contributed by atoms with Crippen molar-refractivity contribution in [1.82, 2.24) is 15.3 Å². The summed E-state index contributed by atoms with van der Waals surface area (Å²) in [7, 11) is 1.67. The van der Waals surface area contributed by atoms with Crippen LogP contribution in [0.25, 0.3) is 0 Å². The molecule has 3 aromatic rings. The van der Waals surface area contributed by atoms with Gasteiger partial charge in [0.1, 0.15) is 5.75 Å². The van der Waals surface area contributed by atoms with Crippen LogP contribution in [-0.2, 0) is 12.8 Å². The molecule has 1 atom stereocenters. The molecule has 1 saturated heterocycles. The molecule has 1 fully saturated rings. The van der Waals surface area contributed by atoms with Crippen molar-refractivity contribution < 1.29 is 9.53 Å². The molecule has 1 aliphatic heterocycles. The molecule has 0 radical (unpaired) electrons. The average molecular weight is 444 g/mol. The fraction of sp³-hybridized carbons (Fsp3) is 0.321. The summed E-state index contributed by atoms with van der Waals surface area (Å²) in [4.78, 5) is 15.4. The number of hydrogen-bond donors (Lipinski definition) is 1. The molecule has 0 saturated carbocycles.